The minimum atomic E-state index is -0.0764. The number of rotatable bonds is 0. The summed E-state index contributed by atoms with van der Waals surface area (Å²) in [5, 5.41) is 17.3. The van der Waals surface area contributed by atoms with Gasteiger partial charge in [0, 0.05) is 0 Å². The number of hydrogen-bond donors (Lipinski definition) is 2. The first-order valence-electron chi connectivity index (χ1n) is 4.27. The first-order chi connectivity index (χ1) is 5.80. The number of para-hydroxylation sites is 2. The Labute approximate surface area is 74.5 Å². The Morgan fingerprint density at radius 2 is 1.00 bits per heavy atom. The standard InChI is InChI=1S/C6H6O2.2C2H6/c7-5-3-1-2-4-6(5)8;2*1-2/h1-4,7-8H;2*1-2H3. The van der Waals surface area contributed by atoms with Crippen LogP contribution >= 0.6 is 0 Å². The summed E-state index contributed by atoms with van der Waals surface area (Å²) in [7, 11) is 0. The van der Waals surface area contributed by atoms with Crippen LogP contribution in [0.15, 0.2) is 24.3 Å². The van der Waals surface area contributed by atoms with Gasteiger partial charge in [-0.3, -0.25) is 0 Å². The highest BCUT2D eigenvalue weighted by atomic mass is 16.3. The molecule has 0 saturated heterocycles. The van der Waals surface area contributed by atoms with Gasteiger partial charge in [-0.25, -0.2) is 0 Å². The van der Waals surface area contributed by atoms with Crippen LogP contribution in [-0.2, 0) is 0 Å². The Morgan fingerprint density at radius 3 is 1.17 bits per heavy atom. The van der Waals surface area contributed by atoms with E-state index >= 15 is 0 Å². The van der Waals surface area contributed by atoms with Crippen molar-refractivity contribution >= 4 is 0 Å². The molecule has 0 atom stereocenters. The maximum atomic E-state index is 8.67. The average molecular weight is 170 g/mol. The van der Waals surface area contributed by atoms with Gasteiger partial charge >= 0.3 is 0 Å². The molecule has 1 rings (SSSR count). The summed E-state index contributed by atoms with van der Waals surface area (Å²) in [5.74, 6) is -0.153. The molecule has 0 saturated carbocycles. The molecule has 0 aromatic heterocycles. The van der Waals surface area contributed by atoms with Gasteiger partial charge in [0.15, 0.2) is 11.5 Å². The quantitative estimate of drug-likeness (QED) is 0.587. The van der Waals surface area contributed by atoms with Gasteiger partial charge in [-0.05, 0) is 12.1 Å². The Morgan fingerprint density at radius 1 is 0.750 bits per heavy atom. The minimum absolute atomic E-state index is 0.0764. The van der Waals surface area contributed by atoms with E-state index in [1.807, 2.05) is 27.7 Å². The van der Waals surface area contributed by atoms with Crippen LogP contribution in [0.4, 0.5) is 0 Å². The molecule has 0 aliphatic rings. The maximum Gasteiger partial charge on any atom is 0.157 e. The summed E-state index contributed by atoms with van der Waals surface area (Å²) in [6, 6.07) is 6.15. The van der Waals surface area contributed by atoms with Crippen molar-refractivity contribution in [2.45, 2.75) is 27.7 Å². The normalized spacial score (nSPS) is 7.00. The molecule has 0 radical (unpaired) electrons. The van der Waals surface area contributed by atoms with Gasteiger partial charge in [-0.15, -0.1) is 0 Å². The molecule has 70 valence electrons. The molecule has 0 unspecified atom stereocenters. The van der Waals surface area contributed by atoms with Crippen molar-refractivity contribution in [2.24, 2.45) is 0 Å². The number of hydrogen-bond acceptors (Lipinski definition) is 2. The van der Waals surface area contributed by atoms with E-state index in [2.05, 4.69) is 0 Å². The van der Waals surface area contributed by atoms with Crippen molar-refractivity contribution in [3.05, 3.63) is 24.3 Å². The first-order valence-corrected chi connectivity index (χ1v) is 4.27. The molecular formula is C10H18O2. The van der Waals surface area contributed by atoms with Gasteiger partial charge in [-0.2, -0.15) is 0 Å². The number of aromatic hydroxyl groups is 2. The predicted octanol–water partition coefficient (Wildman–Crippen LogP) is 3.15. The van der Waals surface area contributed by atoms with Crippen LogP contribution in [0.1, 0.15) is 27.7 Å². The molecule has 2 heteroatoms. The van der Waals surface area contributed by atoms with Crippen molar-refractivity contribution in [3.8, 4) is 11.5 Å². The lowest BCUT2D eigenvalue weighted by Crippen LogP contribution is -1.63. The lowest BCUT2D eigenvalue weighted by Gasteiger charge is -1.91. The van der Waals surface area contributed by atoms with Crippen LogP contribution in [-0.4, -0.2) is 10.2 Å². The fourth-order valence-electron chi connectivity index (χ4n) is 0.464. The summed E-state index contributed by atoms with van der Waals surface area (Å²) >= 11 is 0. The highest BCUT2D eigenvalue weighted by molar-refractivity contribution is 5.36. The van der Waals surface area contributed by atoms with E-state index in [9.17, 15) is 0 Å². The van der Waals surface area contributed by atoms with Gasteiger partial charge in [0.05, 0.1) is 0 Å². The molecule has 0 spiro atoms. The number of benzene rings is 1. The van der Waals surface area contributed by atoms with Crippen molar-refractivity contribution in [3.63, 3.8) is 0 Å². The Bertz CT molecular complexity index is 164. The topological polar surface area (TPSA) is 40.5 Å². The molecule has 1 aromatic rings. The molecule has 0 amide bonds. The Kier molecular flexibility index (Phi) is 11.0. The zero-order chi connectivity index (χ0) is 9.98. The van der Waals surface area contributed by atoms with Crippen molar-refractivity contribution in [1.82, 2.24) is 0 Å². The molecule has 0 aliphatic heterocycles. The fourth-order valence-corrected chi connectivity index (χ4v) is 0.464. The minimum Gasteiger partial charge on any atom is -0.504 e. The molecule has 1 aromatic carbocycles. The van der Waals surface area contributed by atoms with Crippen molar-refractivity contribution < 1.29 is 10.2 Å². The maximum absolute atomic E-state index is 8.67. The first kappa shape index (κ1) is 13.4. The Hall–Kier alpha value is -1.18. The molecule has 0 fully saturated rings. The van der Waals surface area contributed by atoms with Crippen molar-refractivity contribution in [1.29, 1.82) is 0 Å². The highest BCUT2D eigenvalue weighted by Gasteiger charge is 1.90. The van der Waals surface area contributed by atoms with E-state index in [1.165, 1.54) is 12.1 Å². The summed E-state index contributed by atoms with van der Waals surface area (Å²) in [6.07, 6.45) is 0. The van der Waals surface area contributed by atoms with Gasteiger partial charge in [0.25, 0.3) is 0 Å². The second-order valence-corrected chi connectivity index (χ2v) is 1.49. The van der Waals surface area contributed by atoms with E-state index in [0.29, 0.717) is 0 Å². The fraction of sp³-hybridized carbons (Fsp3) is 0.400. The molecular weight excluding hydrogens is 152 g/mol. The number of phenolic OH excluding ortho intramolecular Hbond substituents is 2. The molecule has 0 aliphatic carbocycles. The third kappa shape index (κ3) is 5.59. The monoisotopic (exact) mass is 170 g/mol. The largest absolute Gasteiger partial charge is 0.504 e. The third-order valence-electron chi connectivity index (χ3n) is 0.882. The molecule has 0 heterocycles. The molecule has 12 heavy (non-hydrogen) atoms. The summed E-state index contributed by atoms with van der Waals surface area (Å²) < 4.78 is 0. The van der Waals surface area contributed by atoms with E-state index in [-0.39, 0.29) is 11.5 Å². The van der Waals surface area contributed by atoms with Crippen LogP contribution in [0.5, 0.6) is 11.5 Å². The SMILES string of the molecule is CC.CC.Oc1ccccc1O. The van der Waals surface area contributed by atoms with E-state index < -0.39 is 0 Å². The highest BCUT2D eigenvalue weighted by Crippen LogP contribution is 2.21. The summed E-state index contributed by atoms with van der Waals surface area (Å²) in [6.45, 7) is 8.00. The third-order valence-corrected chi connectivity index (χ3v) is 0.882. The number of phenols is 2. The van der Waals surface area contributed by atoms with Crippen LogP contribution in [0.3, 0.4) is 0 Å². The second kappa shape index (κ2) is 9.82. The van der Waals surface area contributed by atoms with Crippen LogP contribution in [0.25, 0.3) is 0 Å². The Balaban J connectivity index is 0. The lowest BCUT2D eigenvalue weighted by atomic mass is 10.3. The van der Waals surface area contributed by atoms with Gasteiger partial charge < -0.3 is 10.2 Å². The van der Waals surface area contributed by atoms with Crippen LogP contribution in [0, 0.1) is 0 Å². The van der Waals surface area contributed by atoms with Gasteiger partial charge in [0.1, 0.15) is 0 Å². The van der Waals surface area contributed by atoms with Crippen molar-refractivity contribution in [2.75, 3.05) is 0 Å². The smallest absolute Gasteiger partial charge is 0.157 e. The average Bonchev–Trinajstić information content (AvgIpc) is 2.17. The van der Waals surface area contributed by atoms with E-state index in [1.54, 1.807) is 12.1 Å². The molecule has 2 N–H and O–H groups in total. The molecule has 2 nitrogen and oxygen atoms in total. The van der Waals surface area contributed by atoms with E-state index in [0.717, 1.165) is 0 Å². The summed E-state index contributed by atoms with van der Waals surface area (Å²) in [4.78, 5) is 0. The zero-order valence-corrected chi connectivity index (χ0v) is 8.20. The molecule has 0 bridgehead atoms. The van der Waals surface area contributed by atoms with Gasteiger partial charge in [-0.1, -0.05) is 39.8 Å². The van der Waals surface area contributed by atoms with E-state index in [4.69, 9.17) is 10.2 Å². The van der Waals surface area contributed by atoms with Crippen LogP contribution < -0.4 is 0 Å². The second-order valence-electron chi connectivity index (χ2n) is 1.49. The summed E-state index contributed by atoms with van der Waals surface area (Å²) in [5.41, 5.74) is 0. The zero-order valence-electron chi connectivity index (χ0n) is 8.20. The van der Waals surface area contributed by atoms with Crippen LogP contribution in [0.2, 0.25) is 0 Å². The lowest BCUT2D eigenvalue weighted by molar-refractivity contribution is 0.404. The predicted molar refractivity (Wildman–Crippen MR) is 52.5 cm³/mol. The van der Waals surface area contributed by atoms with Gasteiger partial charge in [0.2, 0.25) is 0 Å².